The molecule has 1 atom stereocenters. The van der Waals surface area contributed by atoms with Crippen LogP contribution in [0.1, 0.15) is 44.7 Å². The lowest BCUT2D eigenvalue weighted by molar-refractivity contribution is -0.144. The highest BCUT2D eigenvalue weighted by molar-refractivity contribution is 7.13. The number of unbranched alkanes of at least 4 members (excludes halogenated alkanes) is 2. The van der Waals surface area contributed by atoms with E-state index < -0.39 is 11.9 Å². The highest BCUT2D eigenvalue weighted by atomic mass is 32.1. The average Bonchev–Trinajstić information content (AvgIpc) is 3.03. The van der Waals surface area contributed by atoms with E-state index in [0.29, 0.717) is 12.1 Å². The highest BCUT2D eigenvalue weighted by Gasteiger charge is 2.21. The standard InChI is InChI=1S/C19H22FNO3S/c1-2-3-4-5-14(19(23)24)10-17(22)11-16-12-25-18(21-16)13-6-8-15(20)9-7-13/h6-9,12,14H,2-5,10-11H2,1H3,(H,23,24). The van der Waals surface area contributed by atoms with E-state index in [9.17, 15) is 19.1 Å². The van der Waals surface area contributed by atoms with Crippen LogP contribution < -0.4 is 0 Å². The molecule has 0 radical (unpaired) electrons. The first kappa shape index (κ1) is 19.2. The molecule has 0 aliphatic rings. The fraction of sp³-hybridized carbons (Fsp3) is 0.421. The molecule has 4 nitrogen and oxygen atoms in total. The van der Waals surface area contributed by atoms with Gasteiger partial charge in [-0.1, -0.05) is 26.2 Å². The predicted octanol–water partition coefficient (Wildman–Crippen LogP) is 4.73. The van der Waals surface area contributed by atoms with E-state index in [4.69, 9.17) is 0 Å². The maximum absolute atomic E-state index is 13.0. The molecule has 2 rings (SSSR count). The first-order chi connectivity index (χ1) is 12.0. The lowest BCUT2D eigenvalue weighted by Gasteiger charge is -2.10. The Hall–Kier alpha value is -2.08. The van der Waals surface area contributed by atoms with Crippen LogP contribution in [0, 0.1) is 11.7 Å². The number of carboxylic acid groups (broad SMARTS) is 1. The van der Waals surface area contributed by atoms with Crippen molar-refractivity contribution in [2.24, 2.45) is 5.92 Å². The number of carboxylic acids is 1. The Kier molecular flexibility index (Phi) is 7.25. The number of hydrogen-bond donors (Lipinski definition) is 1. The van der Waals surface area contributed by atoms with Crippen LogP contribution in [0.4, 0.5) is 4.39 Å². The molecule has 0 amide bonds. The van der Waals surface area contributed by atoms with Crippen molar-refractivity contribution in [1.82, 2.24) is 4.98 Å². The Bertz CT molecular complexity index is 712. The van der Waals surface area contributed by atoms with E-state index in [2.05, 4.69) is 11.9 Å². The van der Waals surface area contributed by atoms with Crippen molar-refractivity contribution in [1.29, 1.82) is 0 Å². The molecular weight excluding hydrogens is 341 g/mol. The quantitative estimate of drug-likeness (QED) is 0.620. The fourth-order valence-corrected chi connectivity index (χ4v) is 3.44. The van der Waals surface area contributed by atoms with Gasteiger partial charge in [0.15, 0.2) is 0 Å². The second-order valence-corrected chi connectivity index (χ2v) is 6.96. The maximum Gasteiger partial charge on any atom is 0.306 e. The van der Waals surface area contributed by atoms with Gasteiger partial charge in [0.1, 0.15) is 16.6 Å². The molecule has 1 aromatic heterocycles. The van der Waals surface area contributed by atoms with Crippen LogP contribution in [-0.4, -0.2) is 21.8 Å². The number of aliphatic carboxylic acids is 1. The molecule has 0 bridgehead atoms. The van der Waals surface area contributed by atoms with Crippen LogP contribution in [-0.2, 0) is 16.0 Å². The summed E-state index contributed by atoms with van der Waals surface area (Å²) in [5, 5.41) is 11.8. The second kappa shape index (κ2) is 9.42. The Morgan fingerprint density at radius 2 is 1.96 bits per heavy atom. The van der Waals surface area contributed by atoms with E-state index in [1.807, 2.05) is 0 Å². The van der Waals surface area contributed by atoms with Gasteiger partial charge in [-0.05, 0) is 30.7 Å². The zero-order valence-corrected chi connectivity index (χ0v) is 15.0. The van der Waals surface area contributed by atoms with Crippen molar-refractivity contribution >= 4 is 23.1 Å². The molecule has 1 heterocycles. The Morgan fingerprint density at radius 1 is 1.24 bits per heavy atom. The van der Waals surface area contributed by atoms with Crippen LogP contribution in [0.15, 0.2) is 29.6 Å². The van der Waals surface area contributed by atoms with Crippen LogP contribution >= 0.6 is 11.3 Å². The molecule has 6 heteroatoms. The maximum atomic E-state index is 13.0. The van der Waals surface area contributed by atoms with Gasteiger partial charge in [-0.3, -0.25) is 9.59 Å². The number of hydrogen-bond acceptors (Lipinski definition) is 4. The van der Waals surface area contributed by atoms with Gasteiger partial charge in [0.05, 0.1) is 11.6 Å². The number of aromatic nitrogens is 1. The minimum Gasteiger partial charge on any atom is -0.481 e. The van der Waals surface area contributed by atoms with Gasteiger partial charge in [0.2, 0.25) is 0 Å². The van der Waals surface area contributed by atoms with Gasteiger partial charge < -0.3 is 5.11 Å². The molecule has 0 saturated carbocycles. The summed E-state index contributed by atoms with van der Waals surface area (Å²) in [5.41, 5.74) is 1.43. The number of Topliss-reactive ketones (excluding diaryl/α,β-unsaturated/α-hetero) is 1. The van der Waals surface area contributed by atoms with Crippen LogP contribution in [0.5, 0.6) is 0 Å². The van der Waals surface area contributed by atoms with Crippen LogP contribution in [0.2, 0.25) is 0 Å². The number of thiazole rings is 1. The minimum atomic E-state index is -0.908. The molecule has 1 unspecified atom stereocenters. The summed E-state index contributed by atoms with van der Waals surface area (Å²) in [4.78, 5) is 27.9. The van der Waals surface area contributed by atoms with Crippen molar-refractivity contribution in [3.05, 3.63) is 41.2 Å². The molecular formula is C19H22FNO3S. The minimum absolute atomic E-state index is 0.0441. The first-order valence-corrected chi connectivity index (χ1v) is 9.32. The number of ketones is 1. The zero-order valence-electron chi connectivity index (χ0n) is 14.2. The van der Waals surface area contributed by atoms with Crippen molar-refractivity contribution in [2.75, 3.05) is 0 Å². The summed E-state index contributed by atoms with van der Waals surface area (Å²) in [5.74, 6) is -1.94. The summed E-state index contributed by atoms with van der Waals surface area (Å²) in [7, 11) is 0. The summed E-state index contributed by atoms with van der Waals surface area (Å²) < 4.78 is 13.0. The smallest absolute Gasteiger partial charge is 0.306 e. The zero-order chi connectivity index (χ0) is 18.2. The van der Waals surface area contributed by atoms with E-state index in [1.54, 1.807) is 17.5 Å². The predicted molar refractivity (Wildman–Crippen MR) is 96.1 cm³/mol. The van der Waals surface area contributed by atoms with Gasteiger partial charge in [-0.15, -0.1) is 11.3 Å². The topological polar surface area (TPSA) is 67.3 Å². The van der Waals surface area contributed by atoms with Crippen molar-refractivity contribution in [2.45, 2.75) is 45.4 Å². The number of carbonyl (C=O) groups is 2. The highest BCUT2D eigenvalue weighted by Crippen LogP contribution is 2.24. The van der Waals surface area contributed by atoms with Crippen LogP contribution in [0.3, 0.4) is 0 Å². The number of carbonyl (C=O) groups excluding carboxylic acids is 1. The first-order valence-electron chi connectivity index (χ1n) is 8.44. The lowest BCUT2D eigenvalue weighted by atomic mass is 9.94. The number of rotatable bonds is 10. The largest absolute Gasteiger partial charge is 0.481 e. The molecule has 2 aromatic rings. The Morgan fingerprint density at radius 3 is 2.60 bits per heavy atom. The van der Waals surface area contributed by atoms with E-state index in [0.717, 1.165) is 29.8 Å². The Balaban J connectivity index is 1.93. The third-order valence-electron chi connectivity index (χ3n) is 4.00. The second-order valence-electron chi connectivity index (χ2n) is 6.10. The van der Waals surface area contributed by atoms with Crippen molar-refractivity contribution in [3.63, 3.8) is 0 Å². The molecule has 25 heavy (non-hydrogen) atoms. The molecule has 0 aliphatic carbocycles. The third kappa shape index (κ3) is 6.05. The van der Waals surface area contributed by atoms with Crippen LogP contribution in [0.25, 0.3) is 10.6 Å². The molecule has 1 aromatic carbocycles. The summed E-state index contributed by atoms with van der Waals surface area (Å²) in [6.45, 7) is 2.06. The molecule has 0 aliphatic heterocycles. The number of nitrogens with zero attached hydrogens (tertiary/aromatic N) is 1. The van der Waals surface area contributed by atoms with Gasteiger partial charge >= 0.3 is 5.97 Å². The number of halogens is 1. The normalized spacial score (nSPS) is 12.1. The molecule has 0 spiro atoms. The lowest BCUT2D eigenvalue weighted by Crippen LogP contribution is -2.19. The van der Waals surface area contributed by atoms with Gasteiger partial charge in [0.25, 0.3) is 0 Å². The molecule has 134 valence electrons. The molecule has 1 N–H and O–H groups in total. The van der Waals surface area contributed by atoms with E-state index >= 15 is 0 Å². The van der Waals surface area contributed by atoms with E-state index in [1.165, 1.54) is 23.5 Å². The van der Waals surface area contributed by atoms with Gasteiger partial charge in [-0.2, -0.15) is 0 Å². The van der Waals surface area contributed by atoms with Crippen molar-refractivity contribution < 1.29 is 19.1 Å². The summed E-state index contributed by atoms with van der Waals surface area (Å²) in [6.07, 6.45) is 3.53. The van der Waals surface area contributed by atoms with Gasteiger partial charge in [-0.25, -0.2) is 9.37 Å². The summed E-state index contributed by atoms with van der Waals surface area (Å²) >= 11 is 1.39. The molecule has 0 fully saturated rings. The average molecular weight is 363 g/mol. The Labute approximate surface area is 150 Å². The molecule has 0 saturated heterocycles. The monoisotopic (exact) mass is 363 g/mol. The van der Waals surface area contributed by atoms with Gasteiger partial charge in [0, 0.05) is 23.8 Å². The summed E-state index contributed by atoms with van der Waals surface area (Å²) in [6, 6.07) is 6.03. The number of benzene rings is 1. The SMILES string of the molecule is CCCCCC(CC(=O)Cc1csc(-c2ccc(F)cc2)n1)C(=O)O. The van der Waals surface area contributed by atoms with E-state index in [-0.39, 0.29) is 24.4 Å². The fourth-order valence-electron chi connectivity index (χ4n) is 2.62. The van der Waals surface area contributed by atoms with Crippen molar-refractivity contribution in [3.8, 4) is 10.6 Å². The third-order valence-corrected chi connectivity index (χ3v) is 4.94.